The number of halogens is 3. The lowest BCUT2D eigenvalue weighted by Gasteiger charge is -2.06. The van der Waals surface area contributed by atoms with E-state index in [1.54, 1.807) is 18.4 Å². The molecular formula is C12H10BrF2NO. The molecule has 17 heavy (non-hydrogen) atoms. The lowest BCUT2D eigenvalue weighted by Crippen LogP contribution is -2.14. The minimum atomic E-state index is -0.566. The summed E-state index contributed by atoms with van der Waals surface area (Å²) in [6.45, 7) is 0.549. The highest BCUT2D eigenvalue weighted by molar-refractivity contribution is 9.10. The van der Waals surface area contributed by atoms with Gasteiger partial charge >= 0.3 is 0 Å². The zero-order chi connectivity index (χ0) is 12.3. The zero-order valence-corrected chi connectivity index (χ0v) is 10.4. The Hall–Kier alpha value is -1.20. The molecule has 1 aromatic carbocycles. The van der Waals surface area contributed by atoms with E-state index in [2.05, 4.69) is 21.2 Å². The molecule has 2 rings (SSSR count). The van der Waals surface area contributed by atoms with Crippen LogP contribution in [0.25, 0.3) is 0 Å². The van der Waals surface area contributed by atoms with Gasteiger partial charge in [0.1, 0.15) is 17.4 Å². The van der Waals surface area contributed by atoms with Crippen molar-refractivity contribution in [3.8, 4) is 0 Å². The Balaban J connectivity index is 1.99. The monoisotopic (exact) mass is 301 g/mol. The third kappa shape index (κ3) is 3.14. The normalized spacial score (nSPS) is 10.8. The third-order valence-corrected chi connectivity index (χ3v) is 2.74. The van der Waals surface area contributed by atoms with Crippen LogP contribution in [0.4, 0.5) is 8.78 Å². The topological polar surface area (TPSA) is 25.2 Å². The molecule has 0 bridgehead atoms. The van der Waals surface area contributed by atoms with Crippen LogP contribution < -0.4 is 5.32 Å². The SMILES string of the molecule is Fc1cc(Br)cc(F)c1CNCc1ccco1. The Morgan fingerprint density at radius 2 is 1.88 bits per heavy atom. The van der Waals surface area contributed by atoms with E-state index in [1.165, 1.54) is 12.1 Å². The summed E-state index contributed by atoms with van der Waals surface area (Å²) in [5, 5.41) is 2.92. The molecule has 5 heteroatoms. The summed E-state index contributed by atoms with van der Waals surface area (Å²) in [5.74, 6) is -0.407. The van der Waals surface area contributed by atoms with Crippen LogP contribution in [-0.4, -0.2) is 0 Å². The maximum Gasteiger partial charge on any atom is 0.131 e. The predicted octanol–water partition coefficient (Wildman–Crippen LogP) is 3.61. The Bertz CT molecular complexity index is 476. The first-order chi connectivity index (χ1) is 8.16. The zero-order valence-electron chi connectivity index (χ0n) is 8.84. The Morgan fingerprint density at radius 1 is 1.18 bits per heavy atom. The van der Waals surface area contributed by atoms with Crippen LogP contribution in [0, 0.1) is 11.6 Å². The molecule has 0 atom stereocenters. The highest BCUT2D eigenvalue weighted by Crippen LogP contribution is 2.19. The molecule has 2 nitrogen and oxygen atoms in total. The minimum Gasteiger partial charge on any atom is -0.468 e. The molecule has 0 fully saturated rings. The van der Waals surface area contributed by atoms with Crippen molar-refractivity contribution in [3.05, 3.63) is 58.0 Å². The Labute approximate surface area is 106 Å². The van der Waals surface area contributed by atoms with Crippen molar-refractivity contribution in [2.24, 2.45) is 0 Å². The molecule has 0 saturated carbocycles. The van der Waals surface area contributed by atoms with Crippen LogP contribution in [0.3, 0.4) is 0 Å². The van der Waals surface area contributed by atoms with E-state index in [1.807, 2.05) is 0 Å². The van der Waals surface area contributed by atoms with Gasteiger partial charge in [-0.05, 0) is 24.3 Å². The molecule has 0 aliphatic heterocycles. The molecule has 90 valence electrons. The molecule has 0 unspecified atom stereocenters. The lowest BCUT2D eigenvalue weighted by molar-refractivity contribution is 0.473. The lowest BCUT2D eigenvalue weighted by atomic mass is 10.2. The van der Waals surface area contributed by atoms with E-state index in [-0.39, 0.29) is 12.1 Å². The standard InChI is InChI=1S/C12H10BrF2NO/c13-8-4-11(14)10(12(15)5-8)7-16-6-9-2-1-3-17-9/h1-5,16H,6-7H2. The van der Waals surface area contributed by atoms with Gasteiger partial charge in [-0.25, -0.2) is 8.78 Å². The molecule has 0 amide bonds. The van der Waals surface area contributed by atoms with Crippen LogP contribution in [0.5, 0.6) is 0 Å². The van der Waals surface area contributed by atoms with E-state index in [0.29, 0.717) is 11.0 Å². The van der Waals surface area contributed by atoms with Crippen LogP contribution in [0.15, 0.2) is 39.4 Å². The number of benzene rings is 1. The highest BCUT2D eigenvalue weighted by Gasteiger charge is 2.10. The van der Waals surface area contributed by atoms with E-state index in [4.69, 9.17) is 4.42 Å². The first-order valence-electron chi connectivity index (χ1n) is 5.03. The van der Waals surface area contributed by atoms with Crippen molar-refractivity contribution >= 4 is 15.9 Å². The molecule has 1 N–H and O–H groups in total. The van der Waals surface area contributed by atoms with Crippen LogP contribution >= 0.6 is 15.9 Å². The summed E-state index contributed by atoms with van der Waals surface area (Å²) >= 11 is 3.03. The van der Waals surface area contributed by atoms with Gasteiger partial charge in [0, 0.05) is 16.6 Å². The number of furan rings is 1. The summed E-state index contributed by atoms with van der Waals surface area (Å²) in [6.07, 6.45) is 1.55. The van der Waals surface area contributed by atoms with E-state index < -0.39 is 11.6 Å². The fourth-order valence-electron chi connectivity index (χ4n) is 1.46. The molecule has 1 heterocycles. The van der Waals surface area contributed by atoms with Crippen LogP contribution in [-0.2, 0) is 13.1 Å². The molecule has 0 radical (unpaired) electrons. The molecule has 0 spiro atoms. The second kappa shape index (κ2) is 5.42. The second-order valence-electron chi connectivity index (χ2n) is 3.53. The smallest absolute Gasteiger partial charge is 0.131 e. The average molecular weight is 302 g/mol. The number of hydrogen-bond acceptors (Lipinski definition) is 2. The number of rotatable bonds is 4. The van der Waals surface area contributed by atoms with Gasteiger partial charge in [-0.1, -0.05) is 15.9 Å². The van der Waals surface area contributed by atoms with Crippen molar-refractivity contribution in [1.82, 2.24) is 5.32 Å². The van der Waals surface area contributed by atoms with Gasteiger partial charge < -0.3 is 9.73 Å². The molecule has 2 aromatic rings. The maximum absolute atomic E-state index is 13.4. The van der Waals surface area contributed by atoms with Crippen LogP contribution in [0.1, 0.15) is 11.3 Å². The fraction of sp³-hybridized carbons (Fsp3) is 0.167. The quantitative estimate of drug-likeness (QED) is 0.933. The van der Waals surface area contributed by atoms with Gasteiger partial charge in [-0.3, -0.25) is 0 Å². The Kier molecular flexibility index (Phi) is 3.91. The summed E-state index contributed by atoms with van der Waals surface area (Å²) in [5.41, 5.74) is 0.0276. The average Bonchev–Trinajstić information content (AvgIpc) is 2.74. The first-order valence-corrected chi connectivity index (χ1v) is 5.82. The van der Waals surface area contributed by atoms with Gasteiger partial charge in [-0.2, -0.15) is 0 Å². The molecule has 0 saturated heterocycles. The van der Waals surface area contributed by atoms with Crippen LogP contribution in [0.2, 0.25) is 0 Å². The van der Waals surface area contributed by atoms with Gasteiger partial charge in [0.2, 0.25) is 0 Å². The first kappa shape index (κ1) is 12.3. The van der Waals surface area contributed by atoms with Gasteiger partial charge in [-0.15, -0.1) is 0 Å². The number of nitrogens with one attached hydrogen (secondary N) is 1. The number of hydrogen-bond donors (Lipinski definition) is 1. The molecule has 1 aromatic heterocycles. The van der Waals surface area contributed by atoms with E-state index in [9.17, 15) is 8.78 Å². The predicted molar refractivity (Wildman–Crippen MR) is 63.3 cm³/mol. The van der Waals surface area contributed by atoms with Gasteiger partial charge in [0.15, 0.2) is 0 Å². The summed E-state index contributed by atoms with van der Waals surface area (Å²) in [4.78, 5) is 0. The Morgan fingerprint density at radius 3 is 2.47 bits per heavy atom. The fourth-order valence-corrected chi connectivity index (χ4v) is 1.87. The summed E-state index contributed by atoms with van der Waals surface area (Å²) in [6, 6.07) is 6.04. The van der Waals surface area contributed by atoms with Crippen molar-refractivity contribution in [1.29, 1.82) is 0 Å². The summed E-state index contributed by atoms with van der Waals surface area (Å²) < 4.78 is 32.4. The largest absolute Gasteiger partial charge is 0.468 e. The highest BCUT2D eigenvalue weighted by atomic mass is 79.9. The molecular weight excluding hydrogens is 292 g/mol. The maximum atomic E-state index is 13.4. The van der Waals surface area contributed by atoms with Crippen molar-refractivity contribution in [3.63, 3.8) is 0 Å². The summed E-state index contributed by atoms with van der Waals surface area (Å²) in [7, 11) is 0. The van der Waals surface area contributed by atoms with E-state index in [0.717, 1.165) is 5.76 Å². The van der Waals surface area contributed by atoms with E-state index >= 15 is 0 Å². The minimum absolute atomic E-state index is 0.0276. The third-order valence-electron chi connectivity index (χ3n) is 2.29. The van der Waals surface area contributed by atoms with Crippen molar-refractivity contribution in [2.75, 3.05) is 0 Å². The van der Waals surface area contributed by atoms with Gasteiger partial charge in [0.05, 0.1) is 12.8 Å². The second-order valence-corrected chi connectivity index (χ2v) is 4.45. The molecule has 0 aliphatic carbocycles. The molecule has 0 aliphatic rings. The van der Waals surface area contributed by atoms with Crippen molar-refractivity contribution < 1.29 is 13.2 Å². The van der Waals surface area contributed by atoms with Crippen molar-refractivity contribution in [2.45, 2.75) is 13.1 Å². The van der Waals surface area contributed by atoms with Gasteiger partial charge in [0.25, 0.3) is 0 Å².